The van der Waals surface area contributed by atoms with E-state index in [1.165, 1.54) is 0 Å². The van der Waals surface area contributed by atoms with Crippen molar-refractivity contribution < 1.29 is 9.59 Å². The van der Waals surface area contributed by atoms with E-state index in [0.717, 1.165) is 21.2 Å². The number of amides is 2. The Morgan fingerprint density at radius 2 is 1.44 bits per heavy atom. The maximum atomic E-state index is 13.8. The zero-order chi connectivity index (χ0) is 24.7. The summed E-state index contributed by atoms with van der Waals surface area (Å²) in [6, 6.07) is 27.4. The van der Waals surface area contributed by atoms with Crippen LogP contribution in [-0.4, -0.2) is 28.3 Å². The number of halogens is 1. The van der Waals surface area contributed by atoms with Gasteiger partial charge in [0, 0.05) is 28.9 Å². The van der Waals surface area contributed by atoms with Crippen LogP contribution in [0.2, 0.25) is 0 Å². The third kappa shape index (κ3) is 7.29. The smallest absolute Gasteiger partial charge is 0.242 e. The quantitative estimate of drug-likeness (QED) is 0.378. The number of carbonyl (C=O) groups excluding carboxylic acids is 2. The predicted molar refractivity (Wildman–Crippen MR) is 141 cm³/mol. The monoisotopic (exact) mass is 520 g/mol. The highest BCUT2D eigenvalue weighted by molar-refractivity contribution is 9.10. The highest BCUT2D eigenvalue weighted by Crippen LogP contribution is 2.29. The minimum atomic E-state index is -0.613. The van der Waals surface area contributed by atoms with Gasteiger partial charge < -0.3 is 10.2 Å². The maximum Gasteiger partial charge on any atom is 0.242 e. The van der Waals surface area contributed by atoms with Crippen LogP contribution >= 0.6 is 15.9 Å². The van der Waals surface area contributed by atoms with Crippen LogP contribution in [0.3, 0.4) is 0 Å². The third-order valence-electron chi connectivity index (χ3n) is 5.69. The Morgan fingerprint density at radius 3 is 1.94 bits per heavy atom. The van der Waals surface area contributed by atoms with Crippen molar-refractivity contribution in [2.45, 2.75) is 58.2 Å². The highest BCUT2D eigenvalue weighted by Gasteiger charge is 2.30. The van der Waals surface area contributed by atoms with E-state index in [9.17, 15) is 9.59 Å². The lowest BCUT2D eigenvalue weighted by atomic mass is 9.88. The Labute approximate surface area is 211 Å². The summed E-state index contributed by atoms with van der Waals surface area (Å²) in [6.07, 6.45) is 0.273. The summed E-state index contributed by atoms with van der Waals surface area (Å²) in [7, 11) is 0. The number of hydrogen-bond acceptors (Lipinski definition) is 2. The van der Waals surface area contributed by atoms with Crippen LogP contribution < -0.4 is 5.32 Å². The van der Waals surface area contributed by atoms with Crippen molar-refractivity contribution in [3.05, 3.63) is 106 Å². The van der Waals surface area contributed by atoms with Crippen LogP contribution in [0.4, 0.5) is 0 Å². The van der Waals surface area contributed by atoms with E-state index in [1.54, 1.807) is 11.8 Å². The van der Waals surface area contributed by atoms with Crippen LogP contribution in [0.1, 0.15) is 56.7 Å². The summed E-state index contributed by atoms with van der Waals surface area (Å²) in [5.74, 6) is -0.321. The zero-order valence-corrected chi connectivity index (χ0v) is 21.9. The molecule has 3 aromatic carbocycles. The topological polar surface area (TPSA) is 49.4 Å². The Morgan fingerprint density at radius 1 is 0.882 bits per heavy atom. The molecule has 1 atom stereocenters. The summed E-state index contributed by atoms with van der Waals surface area (Å²) in [5, 5.41) is 3.03. The van der Waals surface area contributed by atoms with Gasteiger partial charge in [-0.2, -0.15) is 0 Å². The summed E-state index contributed by atoms with van der Waals surface area (Å²) in [6.45, 7) is 7.99. The van der Waals surface area contributed by atoms with E-state index in [1.807, 2.05) is 81.4 Å². The molecule has 0 saturated carbocycles. The van der Waals surface area contributed by atoms with Gasteiger partial charge in [0.1, 0.15) is 6.04 Å². The molecular weight excluding hydrogens is 488 g/mol. The summed E-state index contributed by atoms with van der Waals surface area (Å²) in [4.78, 5) is 28.6. The van der Waals surface area contributed by atoms with E-state index >= 15 is 0 Å². The Balaban J connectivity index is 1.93. The van der Waals surface area contributed by atoms with Gasteiger partial charge in [-0.3, -0.25) is 9.59 Å². The number of carbonyl (C=O) groups is 2. The Bertz CT molecular complexity index is 1050. The normalized spacial score (nSPS) is 12.3. The SMILES string of the molecule is C[C@H](C(=O)NC(C)(C)C)N(Cc1cccc(Br)c1)C(=O)CC(c1ccccc1)c1ccccc1. The molecule has 0 aliphatic carbocycles. The van der Waals surface area contributed by atoms with Crippen LogP contribution in [0.5, 0.6) is 0 Å². The molecule has 5 heteroatoms. The van der Waals surface area contributed by atoms with E-state index in [0.29, 0.717) is 6.54 Å². The van der Waals surface area contributed by atoms with Crippen molar-refractivity contribution in [1.82, 2.24) is 10.2 Å². The fraction of sp³-hybridized carbons (Fsp3) is 0.310. The lowest BCUT2D eigenvalue weighted by Gasteiger charge is -2.32. The molecule has 0 aliphatic heterocycles. The van der Waals surface area contributed by atoms with Gasteiger partial charge in [0.2, 0.25) is 11.8 Å². The van der Waals surface area contributed by atoms with E-state index in [2.05, 4.69) is 45.5 Å². The lowest BCUT2D eigenvalue weighted by molar-refractivity contribution is -0.141. The second kappa shape index (κ2) is 11.5. The molecular formula is C29H33BrN2O2. The van der Waals surface area contributed by atoms with Crippen molar-refractivity contribution in [1.29, 1.82) is 0 Å². The molecule has 0 bridgehead atoms. The molecule has 34 heavy (non-hydrogen) atoms. The molecule has 0 unspecified atom stereocenters. The first kappa shape index (κ1) is 25.7. The molecule has 2 amide bonds. The second-order valence-electron chi connectivity index (χ2n) is 9.64. The van der Waals surface area contributed by atoms with Gasteiger partial charge in [0.15, 0.2) is 0 Å². The van der Waals surface area contributed by atoms with Crippen LogP contribution in [0.25, 0.3) is 0 Å². The minimum Gasteiger partial charge on any atom is -0.350 e. The molecule has 0 aromatic heterocycles. The van der Waals surface area contributed by atoms with Gasteiger partial charge in [0.25, 0.3) is 0 Å². The molecule has 1 N–H and O–H groups in total. The van der Waals surface area contributed by atoms with Crippen molar-refractivity contribution in [3.8, 4) is 0 Å². The molecule has 3 rings (SSSR count). The van der Waals surface area contributed by atoms with Crippen molar-refractivity contribution in [3.63, 3.8) is 0 Å². The standard InChI is InChI=1S/C29H33BrN2O2/c1-21(28(34)31-29(2,3)4)32(20-22-12-11-17-25(30)18-22)27(33)19-26(23-13-7-5-8-14-23)24-15-9-6-10-16-24/h5-18,21,26H,19-20H2,1-4H3,(H,31,34)/t21-/m1/s1. The second-order valence-corrected chi connectivity index (χ2v) is 10.6. The van der Waals surface area contributed by atoms with E-state index in [4.69, 9.17) is 0 Å². The average molecular weight is 521 g/mol. The number of benzene rings is 3. The van der Waals surface area contributed by atoms with Gasteiger partial charge in [0.05, 0.1) is 0 Å². The third-order valence-corrected chi connectivity index (χ3v) is 6.18. The highest BCUT2D eigenvalue weighted by atomic mass is 79.9. The summed E-state index contributed by atoms with van der Waals surface area (Å²) < 4.78 is 0.940. The molecule has 0 heterocycles. The largest absolute Gasteiger partial charge is 0.350 e. The van der Waals surface area contributed by atoms with Crippen LogP contribution in [0.15, 0.2) is 89.4 Å². The molecule has 178 valence electrons. The van der Waals surface area contributed by atoms with Crippen LogP contribution in [-0.2, 0) is 16.1 Å². The molecule has 0 radical (unpaired) electrons. The van der Waals surface area contributed by atoms with Gasteiger partial charge in [-0.15, -0.1) is 0 Å². The molecule has 0 fully saturated rings. The lowest BCUT2D eigenvalue weighted by Crippen LogP contribution is -2.52. The van der Waals surface area contributed by atoms with Crippen molar-refractivity contribution in [2.24, 2.45) is 0 Å². The Kier molecular flexibility index (Phi) is 8.67. The number of rotatable bonds is 8. The van der Waals surface area contributed by atoms with E-state index in [-0.39, 0.29) is 29.7 Å². The first-order chi connectivity index (χ1) is 16.1. The Hall–Kier alpha value is -2.92. The van der Waals surface area contributed by atoms with Crippen molar-refractivity contribution >= 4 is 27.7 Å². The average Bonchev–Trinajstić information content (AvgIpc) is 2.80. The van der Waals surface area contributed by atoms with E-state index < -0.39 is 6.04 Å². The number of nitrogens with zero attached hydrogens (tertiary/aromatic N) is 1. The predicted octanol–water partition coefficient (Wildman–Crippen LogP) is 6.30. The minimum absolute atomic E-state index is 0.0609. The van der Waals surface area contributed by atoms with Gasteiger partial charge in [-0.25, -0.2) is 0 Å². The summed E-state index contributed by atoms with van der Waals surface area (Å²) >= 11 is 3.51. The fourth-order valence-electron chi connectivity index (χ4n) is 3.98. The van der Waals surface area contributed by atoms with Gasteiger partial charge in [-0.1, -0.05) is 88.7 Å². The zero-order valence-electron chi connectivity index (χ0n) is 20.3. The first-order valence-electron chi connectivity index (χ1n) is 11.6. The van der Waals surface area contributed by atoms with Crippen LogP contribution in [0, 0.1) is 0 Å². The fourth-order valence-corrected chi connectivity index (χ4v) is 4.43. The summed E-state index contributed by atoms with van der Waals surface area (Å²) in [5.41, 5.74) is 2.74. The molecule has 3 aromatic rings. The van der Waals surface area contributed by atoms with Gasteiger partial charge in [-0.05, 0) is 56.5 Å². The maximum absolute atomic E-state index is 13.8. The first-order valence-corrected chi connectivity index (χ1v) is 12.4. The molecule has 4 nitrogen and oxygen atoms in total. The number of hydrogen-bond donors (Lipinski definition) is 1. The molecule has 0 saturated heterocycles. The molecule has 0 aliphatic rings. The van der Waals surface area contributed by atoms with Gasteiger partial charge >= 0.3 is 0 Å². The molecule has 0 spiro atoms. The number of nitrogens with one attached hydrogen (secondary N) is 1. The van der Waals surface area contributed by atoms with Crippen molar-refractivity contribution in [2.75, 3.05) is 0 Å².